The summed E-state index contributed by atoms with van der Waals surface area (Å²) in [6.45, 7) is -1.66. The van der Waals surface area contributed by atoms with Gasteiger partial charge in [0.15, 0.2) is 0 Å². The van der Waals surface area contributed by atoms with E-state index in [9.17, 15) is 26.4 Å². The van der Waals surface area contributed by atoms with E-state index in [1.165, 1.54) is 16.9 Å². The van der Waals surface area contributed by atoms with Crippen LogP contribution in [0, 0.1) is 0 Å². The number of aromatic nitrogens is 1. The number of carbonyl (C=O) groups is 1. The van der Waals surface area contributed by atoms with Crippen LogP contribution in [0.4, 0.5) is 18.9 Å². The van der Waals surface area contributed by atoms with E-state index in [4.69, 9.17) is 0 Å². The van der Waals surface area contributed by atoms with Crippen LogP contribution < -0.4 is 10.0 Å². The normalized spacial score (nSPS) is 12.0. The first kappa shape index (κ1) is 20.6. The third kappa shape index (κ3) is 5.46. The van der Waals surface area contributed by atoms with Crippen LogP contribution >= 0.6 is 0 Å². The molecule has 152 valence electrons. The molecule has 0 radical (unpaired) electrons. The SMILES string of the molecule is O=C(Nc1ccc(S(=O)(=O)NCC(F)(F)F)cc1)c1ccc(-n2cccc2)cc1. The van der Waals surface area contributed by atoms with Gasteiger partial charge in [0.05, 0.1) is 4.90 Å². The first-order valence-corrected chi connectivity index (χ1v) is 9.84. The summed E-state index contributed by atoms with van der Waals surface area (Å²) in [7, 11) is -4.30. The number of hydrogen-bond acceptors (Lipinski definition) is 3. The first-order chi connectivity index (χ1) is 13.6. The molecule has 0 unspecified atom stereocenters. The van der Waals surface area contributed by atoms with Crippen molar-refractivity contribution in [2.75, 3.05) is 11.9 Å². The second kappa shape index (κ2) is 8.10. The molecular formula is C19H16F3N3O3S. The topological polar surface area (TPSA) is 80.2 Å². The fraction of sp³-hybridized carbons (Fsp3) is 0.105. The maximum absolute atomic E-state index is 12.3. The van der Waals surface area contributed by atoms with Gasteiger partial charge in [-0.1, -0.05) is 0 Å². The van der Waals surface area contributed by atoms with E-state index in [1.807, 2.05) is 29.1 Å². The highest BCUT2D eigenvalue weighted by Crippen LogP contribution is 2.18. The van der Waals surface area contributed by atoms with Gasteiger partial charge in [0.2, 0.25) is 10.0 Å². The monoisotopic (exact) mass is 423 g/mol. The summed E-state index contributed by atoms with van der Waals surface area (Å²) >= 11 is 0. The summed E-state index contributed by atoms with van der Waals surface area (Å²) in [5.74, 6) is -0.408. The Kier molecular flexibility index (Phi) is 5.76. The number of rotatable bonds is 6. The zero-order valence-corrected chi connectivity index (χ0v) is 15.7. The summed E-state index contributed by atoms with van der Waals surface area (Å²) in [5, 5.41) is 2.61. The summed E-state index contributed by atoms with van der Waals surface area (Å²) in [4.78, 5) is 12.0. The molecule has 3 rings (SSSR count). The van der Waals surface area contributed by atoms with Crippen LogP contribution in [0.5, 0.6) is 0 Å². The van der Waals surface area contributed by atoms with Gasteiger partial charge >= 0.3 is 6.18 Å². The molecule has 0 aliphatic heterocycles. The van der Waals surface area contributed by atoms with Gasteiger partial charge < -0.3 is 9.88 Å². The third-order valence-corrected chi connectivity index (χ3v) is 5.33. The third-order valence-electron chi connectivity index (χ3n) is 3.92. The average molecular weight is 423 g/mol. The van der Waals surface area contributed by atoms with E-state index in [-0.39, 0.29) is 4.90 Å². The Labute approximate surface area is 165 Å². The van der Waals surface area contributed by atoms with Crippen molar-refractivity contribution in [3.63, 3.8) is 0 Å². The van der Waals surface area contributed by atoms with Crippen molar-refractivity contribution in [2.45, 2.75) is 11.1 Å². The van der Waals surface area contributed by atoms with Crippen molar-refractivity contribution >= 4 is 21.6 Å². The number of hydrogen-bond donors (Lipinski definition) is 2. The molecule has 2 N–H and O–H groups in total. The minimum Gasteiger partial charge on any atom is -0.324 e. The van der Waals surface area contributed by atoms with Crippen LogP contribution in [-0.2, 0) is 10.0 Å². The average Bonchev–Trinajstić information content (AvgIpc) is 3.21. The van der Waals surface area contributed by atoms with Crippen LogP contribution in [-0.4, -0.2) is 31.6 Å². The lowest BCUT2D eigenvalue weighted by Gasteiger charge is -2.10. The quantitative estimate of drug-likeness (QED) is 0.636. The second-order valence-electron chi connectivity index (χ2n) is 6.06. The maximum atomic E-state index is 12.3. The van der Waals surface area contributed by atoms with Crippen LogP contribution in [0.25, 0.3) is 5.69 Å². The Balaban J connectivity index is 1.65. The predicted octanol–water partition coefficient (Wildman–Crippen LogP) is 3.57. The molecule has 0 saturated carbocycles. The molecule has 0 fully saturated rings. The number of benzene rings is 2. The van der Waals surface area contributed by atoms with E-state index in [1.54, 1.807) is 24.3 Å². The Bertz CT molecular complexity index is 1080. The van der Waals surface area contributed by atoms with E-state index < -0.39 is 28.7 Å². The van der Waals surface area contributed by atoms with Crippen LogP contribution in [0.2, 0.25) is 0 Å². The lowest BCUT2D eigenvalue weighted by atomic mass is 10.2. The molecule has 0 aliphatic rings. The van der Waals surface area contributed by atoms with Gasteiger partial charge in [-0.05, 0) is 60.7 Å². The molecule has 29 heavy (non-hydrogen) atoms. The molecule has 1 heterocycles. The van der Waals surface area contributed by atoms with Crippen molar-refractivity contribution in [1.82, 2.24) is 9.29 Å². The maximum Gasteiger partial charge on any atom is 0.402 e. The fourth-order valence-corrected chi connectivity index (χ4v) is 3.49. The lowest BCUT2D eigenvalue weighted by molar-refractivity contribution is -0.121. The molecule has 2 aromatic carbocycles. The van der Waals surface area contributed by atoms with Gasteiger partial charge in [0.25, 0.3) is 5.91 Å². The molecule has 0 saturated heterocycles. The summed E-state index contributed by atoms with van der Waals surface area (Å²) in [6, 6.07) is 15.4. The molecular weight excluding hydrogens is 407 g/mol. The number of anilines is 1. The number of nitrogens with zero attached hydrogens (tertiary/aromatic N) is 1. The molecule has 3 aromatic rings. The van der Waals surface area contributed by atoms with Crippen molar-refractivity contribution in [3.8, 4) is 5.69 Å². The summed E-state index contributed by atoms with van der Waals surface area (Å²) in [5.41, 5.74) is 1.58. The Morgan fingerprint density at radius 2 is 1.52 bits per heavy atom. The number of sulfonamides is 1. The molecule has 0 atom stereocenters. The number of carbonyl (C=O) groups excluding carboxylic acids is 1. The van der Waals surface area contributed by atoms with Crippen LogP contribution in [0.15, 0.2) is 78.0 Å². The molecule has 0 spiro atoms. The zero-order chi connectivity index (χ0) is 21.1. The highest BCUT2D eigenvalue weighted by atomic mass is 32.2. The van der Waals surface area contributed by atoms with Gasteiger partial charge in [-0.3, -0.25) is 4.79 Å². The largest absolute Gasteiger partial charge is 0.402 e. The molecule has 6 nitrogen and oxygen atoms in total. The molecule has 1 aromatic heterocycles. The highest BCUT2D eigenvalue weighted by Gasteiger charge is 2.30. The number of alkyl halides is 3. The van der Waals surface area contributed by atoms with Crippen molar-refractivity contribution < 1.29 is 26.4 Å². The minimum atomic E-state index is -4.65. The van der Waals surface area contributed by atoms with Crippen molar-refractivity contribution in [2.24, 2.45) is 0 Å². The lowest BCUT2D eigenvalue weighted by Crippen LogP contribution is -2.33. The Morgan fingerprint density at radius 1 is 0.931 bits per heavy atom. The van der Waals surface area contributed by atoms with Gasteiger partial charge in [-0.2, -0.15) is 13.2 Å². The van der Waals surface area contributed by atoms with Gasteiger partial charge in [-0.15, -0.1) is 0 Å². The van der Waals surface area contributed by atoms with Gasteiger partial charge in [-0.25, -0.2) is 13.1 Å². The molecule has 0 bridgehead atoms. The molecule has 0 aliphatic carbocycles. The van der Waals surface area contributed by atoms with Crippen LogP contribution in [0.1, 0.15) is 10.4 Å². The summed E-state index contributed by atoms with van der Waals surface area (Å²) < 4.78 is 63.7. The summed E-state index contributed by atoms with van der Waals surface area (Å²) in [6.07, 6.45) is -0.916. The first-order valence-electron chi connectivity index (χ1n) is 8.35. The van der Waals surface area contributed by atoms with E-state index in [2.05, 4.69) is 5.32 Å². The number of nitrogens with one attached hydrogen (secondary N) is 2. The van der Waals surface area contributed by atoms with E-state index >= 15 is 0 Å². The van der Waals surface area contributed by atoms with Gasteiger partial charge in [0, 0.05) is 29.3 Å². The zero-order valence-electron chi connectivity index (χ0n) is 14.8. The minimum absolute atomic E-state index is 0.305. The molecule has 10 heteroatoms. The van der Waals surface area contributed by atoms with Crippen molar-refractivity contribution in [3.05, 3.63) is 78.6 Å². The second-order valence-corrected chi connectivity index (χ2v) is 7.82. The highest BCUT2D eigenvalue weighted by molar-refractivity contribution is 7.89. The van der Waals surface area contributed by atoms with E-state index in [0.717, 1.165) is 17.8 Å². The van der Waals surface area contributed by atoms with Crippen LogP contribution in [0.3, 0.4) is 0 Å². The molecule has 1 amide bonds. The predicted molar refractivity (Wildman–Crippen MR) is 101 cm³/mol. The standard InChI is InChI=1S/C19H16F3N3O3S/c20-19(21,22)13-23-29(27,28)17-9-5-15(6-10-17)24-18(26)14-3-7-16(8-4-14)25-11-1-2-12-25/h1-12,23H,13H2,(H,24,26). The number of amides is 1. The smallest absolute Gasteiger partial charge is 0.324 e. The van der Waals surface area contributed by atoms with Crippen molar-refractivity contribution in [1.29, 1.82) is 0 Å². The van der Waals surface area contributed by atoms with Gasteiger partial charge in [0.1, 0.15) is 6.54 Å². The Morgan fingerprint density at radius 3 is 2.07 bits per heavy atom. The fourth-order valence-electron chi connectivity index (χ4n) is 2.47. The van der Waals surface area contributed by atoms with E-state index in [0.29, 0.717) is 11.3 Å². The Hall–Kier alpha value is -3.11. The number of halogens is 3.